The van der Waals surface area contributed by atoms with Crippen LogP contribution in [0.3, 0.4) is 0 Å². The maximum absolute atomic E-state index is 4.06. The lowest BCUT2D eigenvalue weighted by atomic mass is 9.96. The van der Waals surface area contributed by atoms with Crippen LogP contribution in [0.4, 0.5) is 0 Å². The molecule has 96 valence electrons. The Balaban J connectivity index is 2.50. The van der Waals surface area contributed by atoms with Crippen molar-refractivity contribution in [3.8, 4) is 0 Å². The minimum Gasteiger partial charge on any atom is -0.307 e. The van der Waals surface area contributed by atoms with Crippen LogP contribution in [0.15, 0.2) is 24.5 Å². The summed E-state index contributed by atoms with van der Waals surface area (Å²) in [5.74, 6) is 0.803. The van der Waals surface area contributed by atoms with Gasteiger partial charge in [0, 0.05) is 24.5 Å². The van der Waals surface area contributed by atoms with E-state index < -0.39 is 0 Å². The predicted octanol–water partition coefficient (Wildman–Crippen LogP) is 3.95. The summed E-state index contributed by atoms with van der Waals surface area (Å²) in [6.07, 6.45) is 7.45. The fourth-order valence-electron chi connectivity index (χ4n) is 2.11. The molecule has 0 amide bonds. The molecule has 2 nitrogen and oxygen atoms in total. The molecule has 17 heavy (non-hydrogen) atoms. The molecule has 1 rings (SSSR count). The van der Waals surface area contributed by atoms with E-state index in [0.717, 1.165) is 5.92 Å². The third-order valence-electron chi connectivity index (χ3n) is 3.57. The minimum atomic E-state index is 0.409. The molecule has 3 atom stereocenters. The Morgan fingerprint density at radius 2 is 1.76 bits per heavy atom. The van der Waals surface area contributed by atoms with Crippen LogP contribution in [-0.4, -0.2) is 11.0 Å². The molecule has 2 heteroatoms. The van der Waals surface area contributed by atoms with Gasteiger partial charge in [-0.05, 0) is 43.4 Å². The summed E-state index contributed by atoms with van der Waals surface area (Å²) in [5.41, 5.74) is 1.32. The molecular weight excluding hydrogens is 208 g/mol. The molecule has 0 spiro atoms. The van der Waals surface area contributed by atoms with Crippen molar-refractivity contribution in [3.05, 3.63) is 30.1 Å². The average Bonchev–Trinajstić information content (AvgIpc) is 2.38. The Morgan fingerprint density at radius 3 is 2.29 bits per heavy atom. The highest BCUT2D eigenvalue weighted by atomic mass is 14.9. The van der Waals surface area contributed by atoms with E-state index in [1.165, 1.54) is 24.8 Å². The monoisotopic (exact) mass is 234 g/mol. The highest BCUT2D eigenvalue weighted by Crippen LogP contribution is 2.17. The maximum atomic E-state index is 4.06. The first-order valence-electron chi connectivity index (χ1n) is 6.83. The minimum absolute atomic E-state index is 0.409. The molecule has 0 aliphatic heterocycles. The Labute approximate surface area is 106 Å². The standard InChI is InChI=1S/C15H26N2/c1-5-12(3)11-15(6-2)17-13(4)14-7-9-16-10-8-14/h7-10,12-13,15,17H,5-6,11H2,1-4H3/t12?,13-,15?/m0/s1. The second-order valence-electron chi connectivity index (χ2n) is 5.02. The zero-order chi connectivity index (χ0) is 12.7. The summed E-state index contributed by atoms with van der Waals surface area (Å²) in [6, 6.07) is 5.21. The fourth-order valence-corrected chi connectivity index (χ4v) is 2.11. The van der Waals surface area contributed by atoms with Crippen LogP contribution in [0.25, 0.3) is 0 Å². The lowest BCUT2D eigenvalue weighted by molar-refractivity contribution is 0.359. The topological polar surface area (TPSA) is 24.9 Å². The quantitative estimate of drug-likeness (QED) is 0.772. The van der Waals surface area contributed by atoms with Gasteiger partial charge in [-0.15, -0.1) is 0 Å². The largest absolute Gasteiger partial charge is 0.307 e. The Morgan fingerprint density at radius 1 is 1.12 bits per heavy atom. The molecule has 0 bridgehead atoms. The van der Waals surface area contributed by atoms with Gasteiger partial charge in [-0.25, -0.2) is 0 Å². The molecule has 0 radical (unpaired) electrons. The average molecular weight is 234 g/mol. The summed E-state index contributed by atoms with van der Waals surface area (Å²) < 4.78 is 0. The molecule has 0 aliphatic rings. The number of nitrogens with one attached hydrogen (secondary N) is 1. The molecule has 1 heterocycles. The zero-order valence-corrected chi connectivity index (χ0v) is 11.6. The molecule has 2 unspecified atom stereocenters. The number of pyridine rings is 1. The van der Waals surface area contributed by atoms with Crippen LogP contribution in [0, 0.1) is 5.92 Å². The van der Waals surface area contributed by atoms with E-state index in [2.05, 4.69) is 50.1 Å². The molecule has 0 saturated carbocycles. The summed E-state index contributed by atoms with van der Waals surface area (Å²) in [5, 5.41) is 3.72. The molecule has 1 N–H and O–H groups in total. The van der Waals surface area contributed by atoms with Gasteiger partial charge in [-0.1, -0.05) is 27.2 Å². The molecule has 0 fully saturated rings. The van der Waals surface area contributed by atoms with Crippen LogP contribution < -0.4 is 5.32 Å². The summed E-state index contributed by atoms with van der Waals surface area (Å²) in [7, 11) is 0. The SMILES string of the molecule is CCC(C)CC(CC)N[C@@H](C)c1ccncc1. The Kier molecular flexibility index (Phi) is 6.20. The molecule has 1 aromatic rings. The van der Waals surface area contributed by atoms with Crippen molar-refractivity contribution in [2.75, 3.05) is 0 Å². The van der Waals surface area contributed by atoms with Crippen molar-refractivity contribution >= 4 is 0 Å². The van der Waals surface area contributed by atoms with Gasteiger partial charge in [0.1, 0.15) is 0 Å². The first-order valence-corrected chi connectivity index (χ1v) is 6.83. The highest BCUT2D eigenvalue weighted by molar-refractivity contribution is 5.14. The molecule has 0 aromatic carbocycles. The summed E-state index contributed by atoms with van der Waals surface area (Å²) in [6.45, 7) is 9.10. The normalized spacial score (nSPS) is 16.5. The molecule has 1 aromatic heterocycles. The maximum Gasteiger partial charge on any atom is 0.0295 e. The second-order valence-corrected chi connectivity index (χ2v) is 5.02. The number of rotatable bonds is 7. The van der Waals surface area contributed by atoms with Gasteiger partial charge in [0.2, 0.25) is 0 Å². The van der Waals surface area contributed by atoms with Crippen molar-refractivity contribution in [3.63, 3.8) is 0 Å². The molecule has 0 saturated heterocycles. The third-order valence-corrected chi connectivity index (χ3v) is 3.57. The Hall–Kier alpha value is -0.890. The van der Waals surface area contributed by atoms with Gasteiger partial charge < -0.3 is 5.32 Å². The number of nitrogens with zero attached hydrogens (tertiary/aromatic N) is 1. The van der Waals surface area contributed by atoms with Crippen LogP contribution in [0.2, 0.25) is 0 Å². The van der Waals surface area contributed by atoms with Crippen molar-refractivity contribution in [1.82, 2.24) is 10.3 Å². The second kappa shape index (κ2) is 7.44. The van der Waals surface area contributed by atoms with Crippen molar-refractivity contribution in [2.24, 2.45) is 5.92 Å². The first-order chi connectivity index (χ1) is 8.17. The first kappa shape index (κ1) is 14.2. The summed E-state index contributed by atoms with van der Waals surface area (Å²) in [4.78, 5) is 4.06. The van der Waals surface area contributed by atoms with E-state index >= 15 is 0 Å². The van der Waals surface area contributed by atoms with Crippen LogP contribution in [0.1, 0.15) is 58.6 Å². The lowest BCUT2D eigenvalue weighted by Crippen LogP contribution is -2.32. The molecule has 0 aliphatic carbocycles. The fraction of sp³-hybridized carbons (Fsp3) is 0.667. The van der Waals surface area contributed by atoms with Gasteiger partial charge in [0.25, 0.3) is 0 Å². The van der Waals surface area contributed by atoms with E-state index in [0.29, 0.717) is 12.1 Å². The number of hydrogen-bond acceptors (Lipinski definition) is 2. The van der Waals surface area contributed by atoms with Gasteiger partial charge in [-0.3, -0.25) is 4.98 Å². The number of aromatic nitrogens is 1. The van der Waals surface area contributed by atoms with E-state index in [4.69, 9.17) is 0 Å². The van der Waals surface area contributed by atoms with Crippen molar-refractivity contribution in [1.29, 1.82) is 0 Å². The lowest BCUT2D eigenvalue weighted by Gasteiger charge is -2.24. The Bertz CT molecular complexity index is 297. The van der Waals surface area contributed by atoms with Crippen molar-refractivity contribution in [2.45, 2.75) is 59.0 Å². The van der Waals surface area contributed by atoms with Gasteiger partial charge in [0.15, 0.2) is 0 Å². The van der Waals surface area contributed by atoms with Crippen LogP contribution in [-0.2, 0) is 0 Å². The zero-order valence-electron chi connectivity index (χ0n) is 11.6. The van der Waals surface area contributed by atoms with Crippen LogP contribution >= 0.6 is 0 Å². The third kappa shape index (κ3) is 4.86. The van der Waals surface area contributed by atoms with Crippen molar-refractivity contribution < 1.29 is 0 Å². The van der Waals surface area contributed by atoms with E-state index in [-0.39, 0.29) is 0 Å². The summed E-state index contributed by atoms with van der Waals surface area (Å²) >= 11 is 0. The van der Waals surface area contributed by atoms with E-state index in [1.807, 2.05) is 12.4 Å². The van der Waals surface area contributed by atoms with E-state index in [9.17, 15) is 0 Å². The van der Waals surface area contributed by atoms with Gasteiger partial charge >= 0.3 is 0 Å². The smallest absolute Gasteiger partial charge is 0.0295 e. The van der Waals surface area contributed by atoms with Crippen LogP contribution in [0.5, 0.6) is 0 Å². The van der Waals surface area contributed by atoms with E-state index in [1.54, 1.807) is 0 Å². The predicted molar refractivity (Wildman–Crippen MR) is 73.9 cm³/mol. The number of hydrogen-bond donors (Lipinski definition) is 1. The van der Waals surface area contributed by atoms with Gasteiger partial charge in [-0.2, -0.15) is 0 Å². The highest BCUT2D eigenvalue weighted by Gasteiger charge is 2.13. The molecular formula is C15H26N2. The van der Waals surface area contributed by atoms with Gasteiger partial charge in [0.05, 0.1) is 0 Å².